The molecule has 2 aliphatic rings. The second-order valence-corrected chi connectivity index (χ2v) is 7.64. The molecule has 0 N–H and O–H groups in total. The minimum atomic E-state index is 0.308. The lowest BCUT2D eigenvalue weighted by atomic mass is 9.96. The number of hydrogen-bond donors (Lipinski definition) is 0. The van der Waals surface area contributed by atoms with Gasteiger partial charge in [-0.3, -0.25) is 0 Å². The Balaban J connectivity index is 1.54. The van der Waals surface area contributed by atoms with E-state index in [9.17, 15) is 0 Å². The minimum Gasteiger partial charge on any atom is -0.380 e. The van der Waals surface area contributed by atoms with Crippen LogP contribution in [-0.2, 0) is 32.2 Å². The highest BCUT2D eigenvalue weighted by Gasteiger charge is 2.29. The first-order valence-electron chi connectivity index (χ1n) is 10.3. The van der Waals surface area contributed by atoms with Gasteiger partial charge in [0.15, 0.2) is 0 Å². The fraction of sp³-hybridized carbons (Fsp3) is 0.727. The van der Waals surface area contributed by atoms with Crippen molar-refractivity contribution in [2.45, 2.75) is 65.0 Å². The first-order valence-corrected chi connectivity index (χ1v) is 10.3. The molecule has 2 atom stereocenters. The summed E-state index contributed by atoms with van der Waals surface area (Å²) >= 11 is 0. The van der Waals surface area contributed by atoms with Crippen molar-refractivity contribution >= 4 is 0 Å². The molecule has 4 heteroatoms. The number of rotatable bonds is 12. The van der Waals surface area contributed by atoms with E-state index in [1.165, 1.54) is 11.1 Å². The fourth-order valence-electron chi connectivity index (χ4n) is 3.65. The third-order valence-electron chi connectivity index (χ3n) is 5.55. The van der Waals surface area contributed by atoms with Gasteiger partial charge in [0.1, 0.15) is 0 Å². The molecular weight excluding hydrogens is 328 g/mol. The molecule has 26 heavy (non-hydrogen) atoms. The topological polar surface area (TPSA) is 36.9 Å². The summed E-state index contributed by atoms with van der Waals surface area (Å²) in [4.78, 5) is 0. The Bertz CT molecular complexity index is 478. The summed E-state index contributed by atoms with van der Waals surface area (Å²) in [5.74, 6) is 1.12. The molecule has 2 saturated heterocycles. The molecule has 0 amide bonds. The van der Waals surface area contributed by atoms with Gasteiger partial charge in [-0.05, 0) is 24.0 Å². The van der Waals surface area contributed by atoms with Gasteiger partial charge in [-0.15, -0.1) is 0 Å². The van der Waals surface area contributed by atoms with Crippen LogP contribution < -0.4 is 0 Å². The maximum Gasteiger partial charge on any atom is 0.0724 e. The van der Waals surface area contributed by atoms with Gasteiger partial charge in [-0.2, -0.15) is 0 Å². The Morgan fingerprint density at radius 2 is 1.23 bits per heavy atom. The molecule has 0 bridgehead atoms. The van der Waals surface area contributed by atoms with Gasteiger partial charge in [0.2, 0.25) is 0 Å². The second kappa shape index (κ2) is 10.4. The van der Waals surface area contributed by atoms with Crippen LogP contribution in [-0.4, -0.2) is 38.6 Å². The lowest BCUT2D eigenvalue weighted by molar-refractivity contribution is -0.123. The molecule has 0 saturated carbocycles. The number of hydrogen-bond acceptors (Lipinski definition) is 4. The average Bonchev–Trinajstić information content (AvgIpc) is 2.55. The molecule has 0 spiro atoms. The lowest BCUT2D eigenvalue weighted by Gasteiger charge is -2.34. The predicted octanol–water partition coefficient (Wildman–Crippen LogP) is 4.35. The SMILES string of the molecule is CCCC(OCc1ccccc1COC(CCC)C1COC1)C1COC1. The third-order valence-corrected chi connectivity index (χ3v) is 5.55. The second-order valence-electron chi connectivity index (χ2n) is 7.64. The van der Waals surface area contributed by atoms with Crippen molar-refractivity contribution in [1.82, 2.24) is 0 Å². The van der Waals surface area contributed by atoms with Crippen molar-refractivity contribution in [3.8, 4) is 0 Å². The van der Waals surface area contributed by atoms with E-state index in [1.807, 2.05) is 0 Å². The normalized spacial score (nSPS) is 20.4. The average molecular weight is 363 g/mol. The zero-order valence-electron chi connectivity index (χ0n) is 16.3. The summed E-state index contributed by atoms with van der Waals surface area (Å²) in [5, 5.41) is 0. The molecule has 4 nitrogen and oxygen atoms in total. The van der Waals surface area contributed by atoms with Crippen LogP contribution in [0.3, 0.4) is 0 Å². The van der Waals surface area contributed by atoms with Crippen molar-refractivity contribution in [3.63, 3.8) is 0 Å². The molecule has 2 fully saturated rings. The van der Waals surface area contributed by atoms with E-state index in [2.05, 4.69) is 38.1 Å². The molecule has 146 valence electrons. The molecule has 3 rings (SSSR count). The molecule has 0 radical (unpaired) electrons. The zero-order valence-corrected chi connectivity index (χ0v) is 16.3. The summed E-state index contributed by atoms with van der Waals surface area (Å²) in [7, 11) is 0. The summed E-state index contributed by atoms with van der Waals surface area (Å²) in [6.07, 6.45) is 5.12. The number of benzene rings is 1. The highest BCUT2D eigenvalue weighted by molar-refractivity contribution is 5.25. The molecular formula is C22H34O4. The standard InChI is InChI=1S/C22H34O4/c1-3-7-21(19-11-23-12-19)25-15-17-9-5-6-10-18(17)16-26-22(8-4-2)20-13-24-14-20/h5-6,9-10,19-22H,3-4,7-8,11-16H2,1-2H3. The highest BCUT2D eigenvalue weighted by atomic mass is 16.5. The van der Waals surface area contributed by atoms with Crippen molar-refractivity contribution in [1.29, 1.82) is 0 Å². The Morgan fingerprint density at radius 3 is 1.54 bits per heavy atom. The van der Waals surface area contributed by atoms with Crippen molar-refractivity contribution < 1.29 is 18.9 Å². The van der Waals surface area contributed by atoms with E-state index in [1.54, 1.807) is 0 Å². The van der Waals surface area contributed by atoms with E-state index in [0.29, 0.717) is 37.3 Å². The van der Waals surface area contributed by atoms with E-state index < -0.39 is 0 Å². The molecule has 2 aliphatic heterocycles. The van der Waals surface area contributed by atoms with E-state index in [-0.39, 0.29) is 0 Å². The van der Waals surface area contributed by atoms with Crippen LogP contribution in [0.25, 0.3) is 0 Å². The first kappa shape index (κ1) is 19.8. The van der Waals surface area contributed by atoms with E-state index >= 15 is 0 Å². The van der Waals surface area contributed by atoms with Crippen LogP contribution in [0.5, 0.6) is 0 Å². The Morgan fingerprint density at radius 1 is 0.808 bits per heavy atom. The van der Waals surface area contributed by atoms with Gasteiger partial charge in [0, 0.05) is 11.8 Å². The van der Waals surface area contributed by atoms with Gasteiger partial charge in [-0.25, -0.2) is 0 Å². The summed E-state index contributed by atoms with van der Waals surface area (Å²) in [6.45, 7) is 9.13. The molecule has 0 aliphatic carbocycles. The minimum absolute atomic E-state index is 0.308. The van der Waals surface area contributed by atoms with Crippen LogP contribution in [0.1, 0.15) is 50.7 Å². The lowest BCUT2D eigenvalue weighted by Crippen LogP contribution is -2.39. The molecule has 1 aromatic rings. The quantitative estimate of drug-likeness (QED) is 0.554. The largest absolute Gasteiger partial charge is 0.380 e. The van der Waals surface area contributed by atoms with Crippen LogP contribution >= 0.6 is 0 Å². The summed E-state index contributed by atoms with van der Waals surface area (Å²) in [5.41, 5.74) is 2.49. The monoisotopic (exact) mass is 362 g/mol. The molecule has 2 unspecified atom stereocenters. The maximum absolute atomic E-state index is 6.29. The maximum atomic E-state index is 6.29. The van der Waals surface area contributed by atoms with Gasteiger partial charge >= 0.3 is 0 Å². The third kappa shape index (κ3) is 5.29. The first-order chi connectivity index (χ1) is 12.8. The van der Waals surface area contributed by atoms with Crippen molar-refractivity contribution in [2.75, 3.05) is 26.4 Å². The van der Waals surface area contributed by atoms with E-state index in [4.69, 9.17) is 18.9 Å². The Kier molecular flexibility index (Phi) is 7.93. The summed E-state index contributed by atoms with van der Waals surface area (Å²) < 4.78 is 23.3. The van der Waals surface area contributed by atoms with Crippen molar-refractivity contribution in [2.24, 2.45) is 11.8 Å². The Hall–Kier alpha value is -0.940. The fourth-order valence-corrected chi connectivity index (χ4v) is 3.65. The number of ether oxygens (including phenoxy) is 4. The zero-order chi connectivity index (χ0) is 18.2. The van der Waals surface area contributed by atoms with Crippen LogP contribution in [0.4, 0.5) is 0 Å². The van der Waals surface area contributed by atoms with Gasteiger partial charge in [0.05, 0.1) is 51.8 Å². The summed E-state index contributed by atoms with van der Waals surface area (Å²) in [6, 6.07) is 8.51. The van der Waals surface area contributed by atoms with E-state index in [0.717, 1.165) is 52.1 Å². The van der Waals surface area contributed by atoms with Crippen molar-refractivity contribution in [3.05, 3.63) is 35.4 Å². The van der Waals surface area contributed by atoms with Crippen LogP contribution in [0.15, 0.2) is 24.3 Å². The molecule has 2 heterocycles. The molecule has 1 aromatic carbocycles. The van der Waals surface area contributed by atoms with Gasteiger partial charge in [-0.1, -0.05) is 51.0 Å². The predicted molar refractivity (Wildman–Crippen MR) is 102 cm³/mol. The molecule has 0 aromatic heterocycles. The Labute approximate surface area is 158 Å². The van der Waals surface area contributed by atoms with Gasteiger partial charge in [0.25, 0.3) is 0 Å². The van der Waals surface area contributed by atoms with Crippen LogP contribution in [0.2, 0.25) is 0 Å². The smallest absolute Gasteiger partial charge is 0.0724 e. The van der Waals surface area contributed by atoms with Crippen LogP contribution in [0, 0.1) is 11.8 Å². The van der Waals surface area contributed by atoms with Gasteiger partial charge < -0.3 is 18.9 Å². The highest BCUT2D eigenvalue weighted by Crippen LogP contribution is 2.25.